The van der Waals surface area contributed by atoms with Crippen molar-refractivity contribution < 1.29 is 14.7 Å². The first-order chi connectivity index (χ1) is 9.94. The smallest absolute Gasteiger partial charge is 0.309 e. The molecular formula is C14H12ClN3O3. The van der Waals surface area contributed by atoms with Gasteiger partial charge in [0.15, 0.2) is 0 Å². The molecule has 0 aliphatic heterocycles. The van der Waals surface area contributed by atoms with Gasteiger partial charge in [-0.25, -0.2) is 4.98 Å². The number of halogens is 1. The maximum Gasteiger partial charge on any atom is 0.309 e. The number of rotatable bonds is 4. The molecule has 0 fully saturated rings. The Kier molecular flexibility index (Phi) is 4.49. The van der Waals surface area contributed by atoms with Crippen molar-refractivity contribution >= 4 is 29.2 Å². The van der Waals surface area contributed by atoms with Crippen LogP contribution in [-0.4, -0.2) is 27.0 Å². The van der Waals surface area contributed by atoms with Gasteiger partial charge in [0.05, 0.1) is 24.0 Å². The molecule has 2 N–H and O–H groups in total. The lowest BCUT2D eigenvalue weighted by molar-refractivity contribution is -0.136. The summed E-state index contributed by atoms with van der Waals surface area (Å²) in [6.45, 7) is 1.74. The molecule has 0 radical (unpaired) electrons. The summed E-state index contributed by atoms with van der Waals surface area (Å²) in [7, 11) is 0. The van der Waals surface area contributed by atoms with E-state index >= 15 is 0 Å². The molecule has 2 aromatic heterocycles. The Morgan fingerprint density at radius 1 is 1.33 bits per heavy atom. The van der Waals surface area contributed by atoms with E-state index in [9.17, 15) is 9.59 Å². The summed E-state index contributed by atoms with van der Waals surface area (Å²) in [5.74, 6) is -1.30. The van der Waals surface area contributed by atoms with E-state index in [1.54, 1.807) is 25.1 Å². The Balaban J connectivity index is 2.10. The summed E-state index contributed by atoms with van der Waals surface area (Å²) in [5.41, 5.74) is 1.92. The minimum Gasteiger partial charge on any atom is -0.481 e. The molecule has 0 bridgehead atoms. The van der Waals surface area contributed by atoms with Gasteiger partial charge in [-0.2, -0.15) is 0 Å². The van der Waals surface area contributed by atoms with Crippen LogP contribution in [0.1, 0.15) is 21.7 Å². The average Bonchev–Trinajstić information content (AvgIpc) is 2.39. The molecule has 108 valence electrons. The number of anilines is 1. The minimum atomic E-state index is -0.957. The van der Waals surface area contributed by atoms with E-state index in [1.807, 2.05) is 0 Å². The van der Waals surface area contributed by atoms with E-state index in [0.29, 0.717) is 22.6 Å². The van der Waals surface area contributed by atoms with Gasteiger partial charge in [0.25, 0.3) is 5.91 Å². The number of carbonyl (C=O) groups excluding carboxylic acids is 1. The lowest BCUT2D eigenvalue weighted by Gasteiger charge is -2.06. The van der Waals surface area contributed by atoms with E-state index in [-0.39, 0.29) is 17.5 Å². The molecule has 0 spiro atoms. The van der Waals surface area contributed by atoms with Crippen molar-refractivity contribution in [3.8, 4) is 0 Å². The van der Waals surface area contributed by atoms with Crippen LogP contribution in [0.25, 0.3) is 0 Å². The number of aryl methyl sites for hydroxylation is 1. The zero-order valence-electron chi connectivity index (χ0n) is 11.1. The molecule has 2 heterocycles. The molecule has 0 aliphatic rings. The topological polar surface area (TPSA) is 92.2 Å². The van der Waals surface area contributed by atoms with Gasteiger partial charge in [0.2, 0.25) is 0 Å². The Morgan fingerprint density at radius 3 is 2.67 bits per heavy atom. The molecule has 0 aromatic carbocycles. The summed E-state index contributed by atoms with van der Waals surface area (Å²) in [4.78, 5) is 30.6. The van der Waals surface area contributed by atoms with Gasteiger partial charge in [-0.3, -0.25) is 14.6 Å². The predicted molar refractivity (Wildman–Crippen MR) is 77.5 cm³/mol. The fourth-order valence-electron chi connectivity index (χ4n) is 1.72. The molecule has 0 saturated carbocycles. The second-order valence-electron chi connectivity index (χ2n) is 4.38. The van der Waals surface area contributed by atoms with Gasteiger partial charge in [-0.1, -0.05) is 11.6 Å². The summed E-state index contributed by atoms with van der Waals surface area (Å²) in [6.07, 6.45) is 1.25. The van der Waals surface area contributed by atoms with Gasteiger partial charge in [0.1, 0.15) is 5.15 Å². The second kappa shape index (κ2) is 6.32. The predicted octanol–water partition coefficient (Wildman–Crippen LogP) is 2.32. The van der Waals surface area contributed by atoms with Gasteiger partial charge < -0.3 is 10.4 Å². The fraction of sp³-hybridized carbons (Fsp3) is 0.143. The number of carboxylic acids is 1. The Bertz CT molecular complexity index is 666. The van der Waals surface area contributed by atoms with Crippen LogP contribution in [0, 0.1) is 6.92 Å². The van der Waals surface area contributed by atoms with Gasteiger partial charge in [-0.15, -0.1) is 0 Å². The standard InChI is InChI=1S/C14H12ClN3O3/c1-8-4-9(5-12(15)17-8)14(21)18-11-3-2-10(16-7-11)6-13(19)20/h2-5,7H,6H2,1H3,(H,18,21)(H,19,20). The van der Waals surface area contributed by atoms with E-state index in [2.05, 4.69) is 15.3 Å². The molecule has 7 heteroatoms. The summed E-state index contributed by atoms with van der Waals surface area (Å²) < 4.78 is 0. The molecule has 6 nitrogen and oxygen atoms in total. The fourth-order valence-corrected chi connectivity index (χ4v) is 1.97. The number of carbonyl (C=O) groups is 2. The zero-order chi connectivity index (χ0) is 15.4. The van der Waals surface area contributed by atoms with Crippen molar-refractivity contribution in [3.63, 3.8) is 0 Å². The van der Waals surface area contributed by atoms with Crippen molar-refractivity contribution in [1.29, 1.82) is 0 Å². The minimum absolute atomic E-state index is 0.159. The van der Waals surface area contributed by atoms with Crippen molar-refractivity contribution in [2.75, 3.05) is 5.32 Å². The molecule has 1 amide bonds. The van der Waals surface area contributed by atoms with Crippen LogP contribution in [-0.2, 0) is 11.2 Å². The summed E-state index contributed by atoms with van der Waals surface area (Å²) >= 11 is 5.81. The maximum absolute atomic E-state index is 12.1. The number of nitrogens with zero attached hydrogens (tertiary/aromatic N) is 2. The molecule has 2 aromatic rings. The summed E-state index contributed by atoms with van der Waals surface area (Å²) in [5, 5.41) is 11.6. The van der Waals surface area contributed by atoms with Gasteiger partial charge in [0, 0.05) is 11.3 Å². The number of hydrogen-bond acceptors (Lipinski definition) is 4. The molecule has 0 unspecified atom stereocenters. The monoisotopic (exact) mass is 305 g/mol. The van der Waals surface area contributed by atoms with Crippen LogP contribution in [0.4, 0.5) is 5.69 Å². The summed E-state index contributed by atoms with van der Waals surface area (Å²) in [6, 6.07) is 6.23. The largest absolute Gasteiger partial charge is 0.481 e. The Morgan fingerprint density at radius 2 is 2.10 bits per heavy atom. The Hall–Kier alpha value is -2.47. The first-order valence-corrected chi connectivity index (χ1v) is 6.44. The van der Waals surface area contributed by atoms with Crippen LogP contribution in [0.15, 0.2) is 30.5 Å². The lowest BCUT2D eigenvalue weighted by Crippen LogP contribution is -2.13. The van der Waals surface area contributed by atoms with Crippen LogP contribution in [0.5, 0.6) is 0 Å². The van der Waals surface area contributed by atoms with Crippen LogP contribution in [0.2, 0.25) is 5.15 Å². The van der Waals surface area contributed by atoms with E-state index in [1.165, 1.54) is 12.3 Å². The maximum atomic E-state index is 12.1. The first-order valence-electron chi connectivity index (χ1n) is 6.06. The highest BCUT2D eigenvalue weighted by Gasteiger charge is 2.09. The molecule has 0 aliphatic carbocycles. The molecule has 0 atom stereocenters. The molecule has 0 saturated heterocycles. The normalized spacial score (nSPS) is 10.2. The Labute approximate surface area is 125 Å². The van der Waals surface area contributed by atoms with Crippen molar-refractivity contribution in [3.05, 3.63) is 52.6 Å². The number of aliphatic carboxylic acids is 1. The number of hydrogen-bond donors (Lipinski definition) is 2. The lowest BCUT2D eigenvalue weighted by atomic mass is 10.2. The highest BCUT2D eigenvalue weighted by atomic mass is 35.5. The number of amides is 1. The molecule has 21 heavy (non-hydrogen) atoms. The highest BCUT2D eigenvalue weighted by molar-refractivity contribution is 6.29. The number of pyridine rings is 2. The van der Waals surface area contributed by atoms with Gasteiger partial charge in [-0.05, 0) is 31.2 Å². The first kappa shape index (κ1) is 14.9. The van der Waals surface area contributed by atoms with Crippen LogP contribution < -0.4 is 5.32 Å². The van der Waals surface area contributed by atoms with E-state index in [4.69, 9.17) is 16.7 Å². The van der Waals surface area contributed by atoms with Crippen molar-refractivity contribution in [2.45, 2.75) is 13.3 Å². The van der Waals surface area contributed by atoms with E-state index < -0.39 is 5.97 Å². The number of carboxylic acid groups (broad SMARTS) is 1. The number of aromatic nitrogens is 2. The van der Waals surface area contributed by atoms with E-state index in [0.717, 1.165) is 0 Å². The molecule has 2 rings (SSSR count). The average molecular weight is 306 g/mol. The van der Waals surface area contributed by atoms with Crippen molar-refractivity contribution in [2.24, 2.45) is 0 Å². The quantitative estimate of drug-likeness (QED) is 0.846. The third-order valence-electron chi connectivity index (χ3n) is 2.60. The SMILES string of the molecule is Cc1cc(C(=O)Nc2ccc(CC(=O)O)nc2)cc(Cl)n1. The van der Waals surface area contributed by atoms with Crippen LogP contribution >= 0.6 is 11.6 Å². The van der Waals surface area contributed by atoms with Crippen molar-refractivity contribution in [1.82, 2.24) is 9.97 Å². The highest BCUT2D eigenvalue weighted by Crippen LogP contribution is 2.13. The van der Waals surface area contributed by atoms with Crippen LogP contribution in [0.3, 0.4) is 0 Å². The van der Waals surface area contributed by atoms with Gasteiger partial charge >= 0.3 is 5.97 Å². The number of nitrogens with one attached hydrogen (secondary N) is 1. The third kappa shape index (κ3) is 4.25. The second-order valence-corrected chi connectivity index (χ2v) is 4.77. The molecular weight excluding hydrogens is 294 g/mol. The zero-order valence-corrected chi connectivity index (χ0v) is 11.9. The third-order valence-corrected chi connectivity index (χ3v) is 2.79.